The van der Waals surface area contributed by atoms with Gasteiger partial charge in [0.05, 0.1) is 25.9 Å². The van der Waals surface area contributed by atoms with Gasteiger partial charge in [0, 0.05) is 25.1 Å². The van der Waals surface area contributed by atoms with E-state index in [1.807, 2.05) is 4.90 Å². The summed E-state index contributed by atoms with van der Waals surface area (Å²) in [5.74, 6) is -0.0556. The zero-order valence-corrected chi connectivity index (χ0v) is 17.5. The first-order valence-corrected chi connectivity index (χ1v) is 9.92. The van der Waals surface area contributed by atoms with E-state index in [0.717, 1.165) is 24.2 Å². The number of aliphatic carboxylic acids is 1. The van der Waals surface area contributed by atoms with Gasteiger partial charge in [0.2, 0.25) is 0 Å². The van der Waals surface area contributed by atoms with Gasteiger partial charge in [-0.1, -0.05) is 26.8 Å². The highest BCUT2D eigenvalue weighted by atomic mass is 16.5. The molecule has 1 heterocycles. The SMILES string of the molecule is Cc1cc(OCCCCC#N)c(CN2CCOC[C@H]2C(=O)O)cc1C(C)(C)C. The third-order valence-corrected chi connectivity index (χ3v) is 5.05. The summed E-state index contributed by atoms with van der Waals surface area (Å²) in [7, 11) is 0. The highest BCUT2D eigenvalue weighted by Crippen LogP contribution is 2.33. The monoisotopic (exact) mass is 388 g/mol. The Labute approximate surface area is 168 Å². The Bertz CT molecular complexity index is 718. The number of unbranched alkanes of at least 4 members (excludes halogenated alkanes) is 2. The topological polar surface area (TPSA) is 82.8 Å². The number of ether oxygens (including phenoxy) is 2. The summed E-state index contributed by atoms with van der Waals surface area (Å²) < 4.78 is 11.4. The number of morpholine rings is 1. The maximum absolute atomic E-state index is 11.6. The second-order valence-electron chi connectivity index (χ2n) is 8.39. The third kappa shape index (κ3) is 5.95. The van der Waals surface area contributed by atoms with E-state index in [2.05, 4.69) is 45.9 Å². The summed E-state index contributed by atoms with van der Waals surface area (Å²) in [6.45, 7) is 11.0. The predicted octanol–water partition coefficient (Wildman–Crippen LogP) is 3.65. The van der Waals surface area contributed by atoms with Crippen LogP contribution in [-0.2, 0) is 21.5 Å². The lowest BCUT2D eigenvalue weighted by molar-refractivity contribution is -0.150. The number of hydrogen-bond donors (Lipinski definition) is 1. The first kappa shape index (κ1) is 22.2. The molecule has 2 rings (SSSR count). The lowest BCUT2D eigenvalue weighted by atomic mass is 9.83. The van der Waals surface area contributed by atoms with Crippen LogP contribution in [0.25, 0.3) is 0 Å². The molecular formula is C22H32N2O4. The lowest BCUT2D eigenvalue weighted by Gasteiger charge is -2.34. The summed E-state index contributed by atoms with van der Waals surface area (Å²) in [5.41, 5.74) is 3.39. The molecule has 154 valence electrons. The molecule has 0 unspecified atom stereocenters. The van der Waals surface area contributed by atoms with Crippen LogP contribution < -0.4 is 4.74 Å². The minimum absolute atomic E-state index is 0.0125. The normalized spacial score (nSPS) is 17.9. The fourth-order valence-corrected chi connectivity index (χ4v) is 3.55. The van der Waals surface area contributed by atoms with Crippen LogP contribution in [-0.4, -0.2) is 48.4 Å². The summed E-state index contributed by atoms with van der Waals surface area (Å²) >= 11 is 0. The van der Waals surface area contributed by atoms with Crippen molar-refractivity contribution >= 4 is 5.97 Å². The van der Waals surface area contributed by atoms with E-state index in [4.69, 9.17) is 14.7 Å². The van der Waals surface area contributed by atoms with Crippen molar-refractivity contribution in [3.63, 3.8) is 0 Å². The number of carboxylic acid groups (broad SMARTS) is 1. The van der Waals surface area contributed by atoms with Crippen molar-refractivity contribution < 1.29 is 19.4 Å². The van der Waals surface area contributed by atoms with Crippen molar-refractivity contribution in [3.8, 4) is 11.8 Å². The standard InChI is InChI=1S/C22H32N2O4/c1-16-12-20(28-10-7-5-6-8-23)17(13-18(16)22(2,3)4)14-24-9-11-27-15-19(24)21(25)26/h12-13,19H,5-7,9-11,14-15H2,1-4H3,(H,25,26)/t19-/m0/s1. The average Bonchev–Trinajstić information content (AvgIpc) is 2.62. The van der Waals surface area contributed by atoms with Crippen LogP contribution >= 0.6 is 0 Å². The van der Waals surface area contributed by atoms with Gasteiger partial charge in [0.25, 0.3) is 0 Å². The molecule has 1 aliphatic rings. The van der Waals surface area contributed by atoms with Crippen molar-refractivity contribution in [2.24, 2.45) is 0 Å². The van der Waals surface area contributed by atoms with Crippen LogP contribution in [0.3, 0.4) is 0 Å². The second kappa shape index (κ2) is 9.90. The van der Waals surface area contributed by atoms with Gasteiger partial charge in [-0.05, 0) is 42.4 Å². The molecule has 0 bridgehead atoms. The van der Waals surface area contributed by atoms with Gasteiger partial charge < -0.3 is 14.6 Å². The molecule has 1 N–H and O–H groups in total. The number of hydrogen-bond acceptors (Lipinski definition) is 5. The lowest BCUT2D eigenvalue weighted by Crippen LogP contribution is -2.49. The van der Waals surface area contributed by atoms with E-state index in [1.54, 1.807) is 0 Å². The van der Waals surface area contributed by atoms with E-state index in [-0.39, 0.29) is 12.0 Å². The zero-order valence-electron chi connectivity index (χ0n) is 17.5. The Morgan fingerprint density at radius 1 is 1.39 bits per heavy atom. The molecule has 28 heavy (non-hydrogen) atoms. The van der Waals surface area contributed by atoms with Crippen molar-refractivity contribution in [2.75, 3.05) is 26.4 Å². The van der Waals surface area contributed by atoms with Crippen molar-refractivity contribution in [1.82, 2.24) is 4.90 Å². The molecule has 6 heteroatoms. The Morgan fingerprint density at radius 3 is 2.79 bits per heavy atom. The first-order valence-electron chi connectivity index (χ1n) is 9.92. The molecule has 1 aromatic carbocycles. The average molecular weight is 389 g/mol. The zero-order chi connectivity index (χ0) is 20.7. The van der Waals surface area contributed by atoms with Gasteiger partial charge in [-0.3, -0.25) is 9.69 Å². The maximum atomic E-state index is 11.6. The molecule has 0 aliphatic carbocycles. The van der Waals surface area contributed by atoms with Crippen LogP contribution in [0, 0.1) is 18.3 Å². The van der Waals surface area contributed by atoms with Crippen molar-refractivity contribution in [2.45, 2.75) is 65.0 Å². The van der Waals surface area contributed by atoms with Crippen LogP contribution in [0.2, 0.25) is 0 Å². The smallest absolute Gasteiger partial charge is 0.323 e. The molecule has 6 nitrogen and oxygen atoms in total. The minimum Gasteiger partial charge on any atom is -0.493 e. The van der Waals surface area contributed by atoms with Gasteiger partial charge >= 0.3 is 5.97 Å². The number of rotatable bonds is 8. The quantitative estimate of drug-likeness (QED) is 0.685. The Balaban J connectivity index is 2.26. The highest BCUT2D eigenvalue weighted by Gasteiger charge is 2.30. The fraction of sp³-hybridized carbons (Fsp3) is 0.636. The molecule has 0 saturated carbocycles. The first-order chi connectivity index (χ1) is 13.2. The van der Waals surface area contributed by atoms with Gasteiger partial charge in [-0.25, -0.2) is 0 Å². The maximum Gasteiger partial charge on any atom is 0.323 e. The Morgan fingerprint density at radius 2 is 2.14 bits per heavy atom. The highest BCUT2D eigenvalue weighted by molar-refractivity contribution is 5.73. The van der Waals surface area contributed by atoms with Crippen LogP contribution in [0.15, 0.2) is 12.1 Å². The van der Waals surface area contributed by atoms with E-state index in [1.165, 1.54) is 11.1 Å². The predicted molar refractivity (Wildman–Crippen MR) is 107 cm³/mol. The van der Waals surface area contributed by atoms with Crippen LogP contribution in [0.5, 0.6) is 5.75 Å². The molecule has 1 aliphatic heterocycles. The number of nitriles is 1. The summed E-state index contributed by atoms with van der Waals surface area (Å²) in [4.78, 5) is 13.6. The van der Waals surface area contributed by atoms with E-state index in [0.29, 0.717) is 32.7 Å². The fourth-order valence-electron chi connectivity index (χ4n) is 3.55. The van der Waals surface area contributed by atoms with Crippen molar-refractivity contribution in [3.05, 3.63) is 28.8 Å². The summed E-state index contributed by atoms with van der Waals surface area (Å²) in [6.07, 6.45) is 2.17. The van der Waals surface area contributed by atoms with Crippen LogP contribution in [0.4, 0.5) is 0 Å². The number of carbonyl (C=O) groups is 1. The van der Waals surface area contributed by atoms with E-state index >= 15 is 0 Å². The number of benzene rings is 1. The van der Waals surface area contributed by atoms with Gasteiger partial charge in [0.1, 0.15) is 11.8 Å². The number of carboxylic acids is 1. The second-order valence-corrected chi connectivity index (χ2v) is 8.39. The van der Waals surface area contributed by atoms with Gasteiger partial charge in [-0.15, -0.1) is 0 Å². The molecule has 0 aromatic heterocycles. The molecule has 0 radical (unpaired) electrons. The molecule has 1 fully saturated rings. The minimum atomic E-state index is -0.859. The van der Waals surface area contributed by atoms with Gasteiger partial charge in [-0.2, -0.15) is 5.26 Å². The summed E-state index contributed by atoms with van der Waals surface area (Å²) in [6, 6.07) is 5.74. The van der Waals surface area contributed by atoms with Crippen LogP contribution in [0.1, 0.15) is 56.7 Å². The molecular weight excluding hydrogens is 356 g/mol. The third-order valence-electron chi connectivity index (χ3n) is 5.05. The summed E-state index contributed by atoms with van der Waals surface area (Å²) in [5, 5.41) is 18.2. The Hall–Kier alpha value is -2.10. The van der Waals surface area contributed by atoms with E-state index < -0.39 is 12.0 Å². The van der Waals surface area contributed by atoms with E-state index in [9.17, 15) is 9.90 Å². The molecule has 1 saturated heterocycles. The van der Waals surface area contributed by atoms with Gasteiger partial charge in [0.15, 0.2) is 0 Å². The molecule has 0 spiro atoms. The largest absolute Gasteiger partial charge is 0.493 e. The number of aryl methyl sites for hydroxylation is 1. The number of nitrogens with zero attached hydrogens (tertiary/aromatic N) is 2. The van der Waals surface area contributed by atoms with Crippen molar-refractivity contribution in [1.29, 1.82) is 5.26 Å². The molecule has 1 atom stereocenters. The molecule has 1 aromatic rings. The Kier molecular flexibility index (Phi) is 7.85. The molecule has 0 amide bonds.